The van der Waals surface area contributed by atoms with Gasteiger partial charge in [-0.2, -0.15) is 0 Å². The van der Waals surface area contributed by atoms with Crippen molar-refractivity contribution in [1.82, 2.24) is 5.32 Å². The Morgan fingerprint density at radius 2 is 2.16 bits per heavy atom. The maximum atomic E-state index is 12.2. The van der Waals surface area contributed by atoms with Crippen LogP contribution in [0.15, 0.2) is 6.07 Å². The van der Waals surface area contributed by atoms with Crippen LogP contribution in [0.25, 0.3) is 0 Å². The van der Waals surface area contributed by atoms with Gasteiger partial charge in [-0.3, -0.25) is 4.79 Å². The molecule has 1 N–H and O–H groups in total. The Morgan fingerprint density at radius 3 is 2.95 bits per heavy atom. The molecular weight excluding hydrogens is 278 g/mol. The summed E-state index contributed by atoms with van der Waals surface area (Å²) in [6.07, 6.45) is 8.27. The minimum atomic E-state index is 0.0915. The van der Waals surface area contributed by atoms with Crippen LogP contribution in [0, 0.1) is 5.92 Å². The summed E-state index contributed by atoms with van der Waals surface area (Å²) in [5, 5.41) is 3.31. The van der Waals surface area contributed by atoms with Crippen LogP contribution >= 0.6 is 22.9 Å². The molecule has 19 heavy (non-hydrogen) atoms. The Bertz CT molecular complexity index is 449. The number of halogens is 1. The Morgan fingerprint density at radius 1 is 1.32 bits per heavy atom. The van der Waals surface area contributed by atoms with Gasteiger partial charge in [0, 0.05) is 16.8 Å². The molecule has 3 rings (SSSR count). The van der Waals surface area contributed by atoms with Crippen molar-refractivity contribution in [2.75, 3.05) is 6.54 Å². The number of aryl methyl sites for hydroxylation is 2. The molecule has 0 bridgehead atoms. The second-order valence-electron chi connectivity index (χ2n) is 5.68. The molecule has 104 valence electrons. The summed E-state index contributed by atoms with van der Waals surface area (Å²) in [6.45, 7) is 0.732. The van der Waals surface area contributed by atoms with E-state index in [0.29, 0.717) is 5.92 Å². The number of alkyl halides is 1. The average molecular weight is 298 g/mol. The van der Waals surface area contributed by atoms with Crippen molar-refractivity contribution in [3.8, 4) is 0 Å². The maximum Gasteiger partial charge on any atom is 0.261 e. The van der Waals surface area contributed by atoms with Crippen molar-refractivity contribution < 1.29 is 4.79 Å². The SMILES string of the molecule is O=C(NCC1CCCCC1Cl)c1cc2c(s1)CCC2. The highest BCUT2D eigenvalue weighted by Gasteiger charge is 2.24. The van der Waals surface area contributed by atoms with E-state index in [1.54, 1.807) is 11.3 Å². The number of amides is 1. The van der Waals surface area contributed by atoms with Crippen LogP contribution in [0.4, 0.5) is 0 Å². The molecule has 1 amide bonds. The Kier molecular flexibility index (Phi) is 4.13. The second kappa shape index (κ2) is 5.84. The van der Waals surface area contributed by atoms with Gasteiger partial charge in [0.1, 0.15) is 0 Å². The van der Waals surface area contributed by atoms with E-state index in [2.05, 4.69) is 11.4 Å². The Labute approximate surface area is 123 Å². The van der Waals surface area contributed by atoms with Gasteiger partial charge in [0.15, 0.2) is 0 Å². The molecule has 0 radical (unpaired) electrons. The molecule has 2 atom stereocenters. The summed E-state index contributed by atoms with van der Waals surface area (Å²) in [6, 6.07) is 2.08. The van der Waals surface area contributed by atoms with Crippen LogP contribution in [-0.4, -0.2) is 17.8 Å². The fraction of sp³-hybridized carbons (Fsp3) is 0.667. The molecule has 0 aliphatic heterocycles. The third kappa shape index (κ3) is 2.97. The molecule has 4 heteroatoms. The van der Waals surface area contributed by atoms with Crippen LogP contribution in [0.1, 0.15) is 52.2 Å². The average Bonchev–Trinajstić information content (AvgIpc) is 2.98. The summed E-state index contributed by atoms with van der Waals surface area (Å²) < 4.78 is 0. The molecule has 2 nitrogen and oxygen atoms in total. The minimum Gasteiger partial charge on any atom is -0.351 e. The lowest BCUT2D eigenvalue weighted by Gasteiger charge is -2.26. The van der Waals surface area contributed by atoms with Gasteiger partial charge < -0.3 is 5.32 Å². The van der Waals surface area contributed by atoms with Crippen molar-refractivity contribution in [2.45, 2.75) is 50.3 Å². The lowest BCUT2D eigenvalue weighted by atomic mass is 9.89. The topological polar surface area (TPSA) is 29.1 Å². The highest BCUT2D eigenvalue weighted by molar-refractivity contribution is 7.14. The summed E-state index contributed by atoms with van der Waals surface area (Å²) in [7, 11) is 0. The number of thiophene rings is 1. The van der Waals surface area contributed by atoms with Gasteiger partial charge in [0.05, 0.1) is 4.88 Å². The van der Waals surface area contributed by atoms with Crippen LogP contribution in [0.3, 0.4) is 0 Å². The van der Waals surface area contributed by atoms with E-state index in [-0.39, 0.29) is 11.3 Å². The first-order chi connectivity index (χ1) is 9.24. The zero-order chi connectivity index (χ0) is 13.2. The van der Waals surface area contributed by atoms with Crippen LogP contribution in [0.5, 0.6) is 0 Å². The van der Waals surface area contributed by atoms with E-state index < -0.39 is 0 Å². The van der Waals surface area contributed by atoms with E-state index in [4.69, 9.17) is 11.6 Å². The van der Waals surface area contributed by atoms with Crippen LogP contribution in [0.2, 0.25) is 0 Å². The summed E-state index contributed by atoms with van der Waals surface area (Å²) >= 11 is 8.00. The van der Waals surface area contributed by atoms with Crippen molar-refractivity contribution in [1.29, 1.82) is 0 Å². The van der Waals surface area contributed by atoms with E-state index >= 15 is 0 Å². The van der Waals surface area contributed by atoms with E-state index in [1.165, 1.54) is 29.7 Å². The molecule has 0 aromatic carbocycles. The molecule has 1 heterocycles. The predicted octanol–water partition coefficient (Wildman–Crippen LogP) is 3.76. The van der Waals surface area contributed by atoms with Crippen LogP contribution in [-0.2, 0) is 12.8 Å². The second-order valence-corrected chi connectivity index (χ2v) is 7.38. The number of hydrogen-bond donors (Lipinski definition) is 1. The monoisotopic (exact) mass is 297 g/mol. The first-order valence-electron chi connectivity index (χ1n) is 7.28. The number of nitrogens with one attached hydrogen (secondary N) is 1. The molecule has 0 saturated heterocycles. The van der Waals surface area contributed by atoms with Gasteiger partial charge in [-0.05, 0) is 49.7 Å². The molecular formula is C15H20ClNOS. The first kappa shape index (κ1) is 13.4. The minimum absolute atomic E-state index is 0.0915. The molecule has 2 unspecified atom stereocenters. The van der Waals surface area contributed by atoms with Crippen molar-refractivity contribution in [3.63, 3.8) is 0 Å². The summed E-state index contributed by atoms with van der Waals surface area (Å²) in [4.78, 5) is 14.5. The van der Waals surface area contributed by atoms with E-state index in [9.17, 15) is 4.79 Å². The fourth-order valence-electron chi connectivity index (χ4n) is 3.14. The molecule has 2 aliphatic carbocycles. The molecule has 2 aliphatic rings. The molecule has 1 saturated carbocycles. The van der Waals surface area contributed by atoms with Crippen molar-refractivity contribution in [3.05, 3.63) is 21.4 Å². The zero-order valence-electron chi connectivity index (χ0n) is 11.1. The summed E-state index contributed by atoms with van der Waals surface area (Å²) in [5.74, 6) is 0.542. The number of hydrogen-bond acceptors (Lipinski definition) is 2. The van der Waals surface area contributed by atoms with Gasteiger partial charge in [0.2, 0.25) is 0 Å². The van der Waals surface area contributed by atoms with Gasteiger partial charge in [-0.15, -0.1) is 22.9 Å². The standard InChI is InChI=1S/C15H20ClNOS/c16-12-6-2-1-4-11(12)9-17-15(18)14-8-10-5-3-7-13(10)19-14/h8,11-12H,1-7,9H2,(H,17,18). The van der Waals surface area contributed by atoms with E-state index in [0.717, 1.165) is 37.1 Å². The fourth-order valence-corrected chi connectivity index (χ4v) is 4.68. The van der Waals surface area contributed by atoms with Gasteiger partial charge in [-0.1, -0.05) is 12.8 Å². The third-order valence-corrected chi connectivity index (χ3v) is 6.12. The van der Waals surface area contributed by atoms with Crippen LogP contribution < -0.4 is 5.32 Å². The van der Waals surface area contributed by atoms with Gasteiger partial charge in [0.25, 0.3) is 5.91 Å². The van der Waals surface area contributed by atoms with E-state index in [1.807, 2.05) is 0 Å². The number of carbonyl (C=O) groups excluding carboxylic acids is 1. The smallest absolute Gasteiger partial charge is 0.261 e. The number of rotatable bonds is 3. The van der Waals surface area contributed by atoms with Gasteiger partial charge >= 0.3 is 0 Å². The lowest BCUT2D eigenvalue weighted by Crippen LogP contribution is -2.34. The Balaban J connectivity index is 1.55. The normalized spacial score (nSPS) is 26.2. The van der Waals surface area contributed by atoms with Gasteiger partial charge in [-0.25, -0.2) is 0 Å². The third-order valence-electron chi connectivity index (χ3n) is 4.31. The predicted molar refractivity (Wildman–Crippen MR) is 80.3 cm³/mol. The number of carbonyl (C=O) groups is 1. The largest absolute Gasteiger partial charge is 0.351 e. The molecule has 1 aromatic heterocycles. The molecule has 1 fully saturated rings. The molecule has 1 aromatic rings. The lowest BCUT2D eigenvalue weighted by molar-refractivity contribution is 0.0948. The maximum absolute atomic E-state index is 12.2. The first-order valence-corrected chi connectivity index (χ1v) is 8.53. The Hall–Kier alpha value is -0.540. The zero-order valence-corrected chi connectivity index (χ0v) is 12.7. The highest BCUT2D eigenvalue weighted by atomic mass is 35.5. The highest BCUT2D eigenvalue weighted by Crippen LogP contribution is 2.31. The van der Waals surface area contributed by atoms with Crippen molar-refractivity contribution >= 4 is 28.8 Å². The van der Waals surface area contributed by atoms with Crippen molar-refractivity contribution in [2.24, 2.45) is 5.92 Å². The quantitative estimate of drug-likeness (QED) is 0.846. The summed E-state index contributed by atoms with van der Waals surface area (Å²) in [5.41, 5.74) is 1.39. The molecule has 0 spiro atoms. The number of fused-ring (bicyclic) bond motifs is 1.